The zero-order valence-corrected chi connectivity index (χ0v) is 5.43. The number of aliphatic imine (C=N–C) groups is 1. The van der Waals surface area contributed by atoms with Crippen LogP contribution in [-0.4, -0.2) is 20.0 Å². The molecular weight excluding hydrogens is 140 g/mol. The first-order valence-corrected chi connectivity index (χ1v) is 4.03. The molecule has 0 fully saturated rings. The number of sulfone groups is 1. The number of nitrogens with zero attached hydrogens (tertiary/aromatic N) is 1. The number of nitrogens with two attached hydrogens (primary N) is 1. The molecule has 1 aliphatic heterocycles. The second kappa shape index (κ2) is 1.84. The van der Waals surface area contributed by atoms with Crippen LogP contribution in [-0.2, 0) is 9.84 Å². The van der Waals surface area contributed by atoms with Gasteiger partial charge in [0.1, 0.15) is 11.6 Å². The molecule has 1 heterocycles. The normalized spacial score (nSPS) is 23.3. The predicted octanol–water partition coefficient (Wildman–Crippen LogP) is -0.757. The standard InChI is InChI=1S/C4H6N2O2S/c5-4-3-9(7,8)2-1-6-4/h1-2H,3H2,(H2,5,6). The smallest absolute Gasteiger partial charge is 0.180 e. The van der Waals surface area contributed by atoms with Crippen LogP contribution >= 0.6 is 0 Å². The number of rotatable bonds is 0. The molecule has 1 aliphatic rings. The minimum absolute atomic E-state index is 0.149. The summed E-state index contributed by atoms with van der Waals surface area (Å²) in [5, 5.41) is 1.05. The Morgan fingerprint density at radius 2 is 2.33 bits per heavy atom. The monoisotopic (exact) mass is 146 g/mol. The Morgan fingerprint density at radius 1 is 1.67 bits per heavy atom. The summed E-state index contributed by atoms with van der Waals surface area (Å²) in [4.78, 5) is 3.56. The van der Waals surface area contributed by atoms with Gasteiger partial charge in [-0.1, -0.05) is 0 Å². The van der Waals surface area contributed by atoms with Crippen molar-refractivity contribution in [1.29, 1.82) is 0 Å². The molecular formula is C4H6N2O2S. The van der Waals surface area contributed by atoms with Crippen molar-refractivity contribution >= 4 is 15.7 Å². The van der Waals surface area contributed by atoms with Crippen LogP contribution in [0.4, 0.5) is 0 Å². The highest BCUT2D eigenvalue weighted by Crippen LogP contribution is 1.98. The summed E-state index contributed by atoms with van der Waals surface area (Å²) in [6, 6.07) is 0. The highest BCUT2D eigenvalue weighted by atomic mass is 32.2. The third kappa shape index (κ3) is 1.53. The molecule has 0 saturated carbocycles. The molecule has 0 bridgehead atoms. The van der Waals surface area contributed by atoms with E-state index in [2.05, 4.69) is 4.99 Å². The predicted molar refractivity (Wildman–Crippen MR) is 34.5 cm³/mol. The van der Waals surface area contributed by atoms with E-state index in [0.717, 1.165) is 5.41 Å². The van der Waals surface area contributed by atoms with E-state index in [1.807, 2.05) is 0 Å². The molecule has 0 saturated heterocycles. The molecule has 0 spiro atoms. The summed E-state index contributed by atoms with van der Waals surface area (Å²) >= 11 is 0. The SMILES string of the molecule is NC1=NC=CS(=O)(=O)C1. The van der Waals surface area contributed by atoms with Crippen molar-refractivity contribution < 1.29 is 8.42 Å². The zero-order chi connectivity index (χ0) is 6.91. The summed E-state index contributed by atoms with van der Waals surface area (Å²) in [6.07, 6.45) is 1.19. The lowest BCUT2D eigenvalue weighted by atomic mass is 10.7. The van der Waals surface area contributed by atoms with E-state index in [0.29, 0.717) is 0 Å². The van der Waals surface area contributed by atoms with Crippen LogP contribution in [0.5, 0.6) is 0 Å². The number of amidine groups is 1. The summed E-state index contributed by atoms with van der Waals surface area (Å²) in [5.74, 6) is 0.00116. The molecule has 0 atom stereocenters. The molecule has 0 radical (unpaired) electrons. The van der Waals surface area contributed by atoms with Crippen molar-refractivity contribution in [3.05, 3.63) is 11.6 Å². The Bertz CT molecular complexity index is 262. The van der Waals surface area contributed by atoms with Gasteiger partial charge < -0.3 is 5.73 Å². The summed E-state index contributed by atoms with van der Waals surface area (Å²) in [6.45, 7) is 0. The molecule has 2 N–H and O–H groups in total. The third-order valence-electron chi connectivity index (χ3n) is 0.858. The summed E-state index contributed by atoms with van der Waals surface area (Å²) in [7, 11) is -3.07. The van der Waals surface area contributed by atoms with Crippen molar-refractivity contribution in [3.8, 4) is 0 Å². The molecule has 50 valence electrons. The highest BCUT2D eigenvalue weighted by Gasteiger charge is 2.11. The minimum Gasteiger partial charge on any atom is -0.386 e. The van der Waals surface area contributed by atoms with Crippen molar-refractivity contribution in [3.63, 3.8) is 0 Å². The fraction of sp³-hybridized carbons (Fsp3) is 0.250. The van der Waals surface area contributed by atoms with Gasteiger partial charge in [-0.25, -0.2) is 13.4 Å². The Labute approximate surface area is 53.0 Å². The lowest BCUT2D eigenvalue weighted by Gasteiger charge is -2.00. The van der Waals surface area contributed by atoms with Gasteiger partial charge in [-0.3, -0.25) is 0 Å². The van der Waals surface area contributed by atoms with E-state index in [4.69, 9.17) is 5.73 Å². The fourth-order valence-electron chi connectivity index (χ4n) is 0.510. The van der Waals surface area contributed by atoms with Crippen molar-refractivity contribution in [2.24, 2.45) is 10.7 Å². The molecule has 0 amide bonds. The highest BCUT2D eigenvalue weighted by molar-refractivity contribution is 7.95. The summed E-state index contributed by atoms with van der Waals surface area (Å²) in [5.41, 5.74) is 5.13. The first-order valence-electron chi connectivity index (χ1n) is 2.32. The van der Waals surface area contributed by atoms with Crippen LogP contribution in [0.2, 0.25) is 0 Å². The van der Waals surface area contributed by atoms with E-state index in [9.17, 15) is 8.42 Å². The molecule has 0 unspecified atom stereocenters. The Hall–Kier alpha value is -0.840. The molecule has 1 rings (SSSR count). The van der Waals surface area contributed by atoms with Crippen LogP contribution < -0.4 is 5.73 Å². The van der Waals surface area contributed by atoms with Gasteiger partial charge in [0.15, 0.2) is 9.84 Å². The van der Waals surface area contributed by atoms with E-state index >= 15 is 0 Å². The topological polar surface area (TPSA) is 72.5 Å². The second-order valence-electron chi connectivity index (χ2n) is 1.71. The van der Waals surface area contributed by atoms with Crippen molar-refractivity contribution in [1.82, 2.24) is 0 Å². The van der Waals surface area contributed by atoms with Crippen molar-refractivity contribution in [2.45, 2.75) is 0 Å². The van der Waals surface area contributed by atoms with Gasteiger partial charge in [0.05, 0.1) is 0 Å². The Morgan fingerprint density at radius 3 is 2.67 bits per heavy atom. The minimum atomic E-state index is -3.07. The third-order valence-corrected chi connectivity index (χ3v) is 2.09. The number of hydrogen-bond acceptors (Lipinski definition) is 4. The van der Waals surface area contributed by atoms with Crippen LogP contribution in [0, 0.1) is 0 Å². The molecule has 0 aliphatic carbocycles. The Balaban J connectivity index is 2.99. The largest absolute Gasteiger partial charge is 0.386 e. The van der Waals surface area contributed by atoms with Crippen LogP contribution in [0.15, 0.2) is 16.6 Å². The van der Waals surface area contributed by atoms with Gasteiger partial charge in [-0.05, 0) is 0 Å². The second-order valence-corrected chi connectivity index (χ2v) is 3.60. The average molecular weight is 146 g/mol. The quantitative estimate of drug-likeness (QED) is 0.488. The van der Waals surface area contributed by atoms with E-state index < -0.39 is 9.84 Å². The van der Waals surface area contributed by atoms with Gasteiger partial charge in [-0.2, -0.15) is 0 Å². The van der Waals surface area contributed by atoms with E-state index in [-0.39, 0.29) is 11.6 Å². The van der Waals surface area contributed by atoms with Crippen molar-refractivity contribution in [2.75, 3.05) is 5.75 Å². The van der Waals surface area contributed by atoms with E-state index in [1.54, 1.807) is 0 Å². The Kier molecular flexibility index (Phi) is 1.28. The van der Waals surface area contributed by atoms with Gasteiger partial charge in [-0.15, -0.1) is 0 Å². The molecule has 0 aromatic heterocycles. The lowest BCUT2D eigenvalue weighted by molar-refractivity contribution is 0.607. The lowest BCUT2D eigenvalue weighted by Crippen LogP contribution is -2.24. The first-order chi connectivity index (χ1) is 4.10. The van der Waals surface area contributed by atoms with Crippen LogP contribution in [0.3, 0.4) is 0 Å². The first kappa shape index (κ1) is 6.28. The van der Waals surface area contributed by atoms with Gasteiger partial charge in [0.25, 0.3) is 0 Å². The fourth-order valence-corrected chi connectivity index (χ4v) is 1.34. The van der Waals surface area contributed by atoms with Crippen LogP contribution in [0.25, 0.3) is 0 Å². The molecule has 0 aromatic carbocycles. The molecule has 9 heavy (non-hydrogen) atoms. The number of hydrogen-bond donors (Lipinski definition) is 1. The molecule has 0 aromatic rings. The zero-order valence-electron chi connectivity index (χ0n) is 4.61. The maximum absolute atomic E-state index is 10.6. The maximum Gasteiger partial charge on any atom is 0.180 e. The average Bonchev–Trinajstić information content (AvgIpc) is 1.60. The molecule has 4 nitrogen and oxygen atoms in total. The maximum atomic E-state index is 10.6. The molecule has 5 heteroatoms. The van der Waals surface area contributed by atoms with Gasteiger partial charge in [0.2, 0.25) is 0 Å². The van der Waals surface area contributed by atoms with E-state index in [1.165, 1.54) is 6.20 Å². The van der Waals surface area contributed by atoms with Crippen LogP contribution in [0.1, 0.15) is 0 Å². The van der Waals surface area contributed by atoms with Gasteiger partial charge >= 0.3 is 0 Å². The summed E-state index contributed by atoms with van der Waals surface area (Å²) < 4.78 is 21.2. The van der Waals surface area contributed by atoms with Gasteiger partial charge in [0, 0.05) is 11.6 Å².